The van der Waals surface area contributed by atoms with E-state index in [0.717, 1.165) is 0 Å². The average Bonchev–Trinajstić information content (AvgIpc) is 2.27. The molecule has 5 nitrogen and oxygen atoms in total. The fraction of sp³-hybridized carbons (Fsp3) is 0.538. The summed E-state index contributed by atoms with van der Waals surface area (Å²) >= 11 is 0. The van der Waals surface area contributed by atoms with Crippen LogP contribution < -0.4 is 0 Å². The van der Waals surface area contributed by atoms with Crippen LogP contribution in [-0.4, -0.2) is 47.6 Å². The topological polar surface area (TPSA) is 77.8 Å². The predicted molar refractivity (Wildman–Crippen MR) is 73.0 cm³/mol. The molecule has 1 aliphatic heterocycles. The van der Waals surface area contributed by atoms with E-state index in [1.165, 1.54) is 12.1 Å². The molecular weight excluding hydrogens is 266 g/mol. The van der Waals surface area contributed by atoms with Gasteiger partial charge in [-0.1, -0.05) is 6.07 Å². The first-order chi connectivity index (χ1) is 8.82. The Hall–Kier alpha value is -1.27. The molecule has 2 atom stereocenters. The summed E-state index contributed by atoms with van der Waals surface area (Å²) in [5.74, 6) is 0.308. The summed E-state index contributed by atoms with van der Waals surface area (Å²) in [6.07, 6.45) is 0. The normalized spacial score (nSPS) is 25.1. The summed E-state index contributed by atoms with van der Waals surface area (Å²) < 4.78 is 23.1. The molecule has 1 aromatic carbocycles. The van der Waals surface area contributed by atoms with Crippen molar-refractivity contribution in [1.29, 1.82) is 0 Å². The maximum Gasteiger partial charge on any atom is 0.153 e. The summed E-state index contributed by atoms with van der Waals surface area (Å²) in [4.78, 5) is 2.00. The van der Waals surface area contributed by atoms with Crippen LogP contribution in [0, 0.1) is 0 Å². The first-order valence-electron chi connectivity index (χ1n) is 6.29. The maximum atomic E-state index is 11.6. The van der Waals surface area contributed by atoms with Crippen LogP contribution in [0.1, 0.15) is 25.5 Å². The standard InChI is InChI=1S/C13H19NO4S/c1-9-8-19(17,18)7-6-14(9)10(2)13-11(15)4-3-5-12(13)16/h3-5,9-10,15-16H,6-8H2,1-2H3. The minimum atomic E-state index is -2.97. The number of hydrogen-bond donors (Lipinski definition) is 2. The lowest BCUT2D eigenvalue weighted by Crippen LogP contribution is -2.47. The van der Waals surface area contributed by atoms with E-state index in [2.05, 4.69) is 0 Å². The van der Waals surface area contributed by atoms with Gasteiger partial charge in [-0.25, -0.2) is 8.42 Å². The van der Waals surface area contributed by atoms with E-state index in [9.17, 15) is 18.6 Å². The molecule has 1 heterocycles. The van der Waals surface area contributed by atoms with Crippen LogP contribution in [0.15, 0.2) is 18.2 Å². The van der Waals surface area contributed by atoms with Crippen molar-refractivity contribution in [3.8, 4) is 11.5 Å². The third-order valence-corrected chi connectivity index (χ3v) is 5.49. The number of rotatable bonds is 2. The predicted octanol–water partition coefficient (Wildman–Crippen LogP) is 1.28. The zero-order valence-electron chi connectivity index (χ0n) is 11.1. The Bertz CT molecular complexity index is 550. The number of hydrogen-bond acceptors (Lipinski definition) is 5. The molecule has 6 heteroatoms. The van der Waals surface area contributed by atoms with Crippen LogP contribution in [0.3, 0.4) is 0 Å². The van der Waals surface area contributed by atoms with E-state index in [0.29, 0.717) is 12.1 Å². The van der Waals surface area contributed by atoms with E-state index >= 15 is 0 Å². The minimum Gasteiger partial charge on any atom is -0.507 e. The number of phenols is 2. The lowest BCUT2D eigenvalue weighted by Gasteiger charge is -2.38. The molecule has 19 heavy (non-hydrogen) atoms. The smallest absolute Gasteiger partial charge is 0.153 e. The van der Waals surface area contributed by atoms with E-state index in [-0.39, 0.29) is 35.1 Å². The molecule has 2 unspecified atom stereocenters. The highest BCUT2D eigenvalue weighted by Gasteiger charge is 2.33. The summed E-state index contributed by atoms with van der Waals surface area (Å²) in [7, 11) is -2.97. The Labute approximate surface area is 113 Å². The third kappa shape index (κ3) is 2.84. The van der Waals surface area contributed by atoms with Gasteiger partial charge in [0.25, 0.3) is 0 Å². The second kappa shape index (κ2) is 5.02. The summed E-state index contributed by atoms with van der Waals surface area (Å²) in [5.41, 5.74) is 0.452. The van der Waals surface area contributed by atoms with Crippen molar-refractivity contribution in [3.63, 3.8) is 0 Å². The van der Waals surface area contributed by atoms with E-state index in [1.54, 1.807) is 6.07 Å². The fourth-order valence-electron chi connectivity index (χ4n) is 2.72. The van der Waals surface area contributed by atoms with Gasteiger partial charge >= 0.3 is 0 Å². The average molecular weight is 285 g/mol. The van der Waals surface area contributed by atoms with Crippen molar-refractivity contribution in [1.82, 2.24) is 4.90 Å². The Morgan fingerprint density at radius 1 is 1.32 bits per heavy atom. The summed E-state index contributed by atoms with van der Waals surface area (Å²) in [5, 5.41) is 19.8. The Morgan fingerprint density at radius 3 is 2.42 bits per heavy atom. The fourth-order valence-corrected chi connectivity index (χ4v) is 4.30. The van der Waals surface area contributed by atoms with Crippen LogP contribution in [0.4, 0.5) is 0 Å². The van der Waals surface area contributed by atoms with Gasteiger partial charge in [0.2, 0.25) is 0 Å². The van der Waals surface area contributed by atoms with Gasteiger partial charge in [-0.3, -0.25) is 4.90 Å². The molecule has 1 fully saturated rings. The molecule has 0 saturated carbocycles. The Kier molecular flexibility index (Phi) is 3.73. The minimum absolute atomic E-state index is 0.0353. The highest BCUT2D eigenvalue weighted by atomic mass is 32.2. The van der Waals surface area contributed by atoms with Crippen molar-refractivity contribution < 1.29 is 18.6 Å². The first-order valence-corrected chi connectivity index (χ1v) is 8.11. The van der Waals surface area contributed by atoms with Gasteiger partial charge in [0.15, 0.2) is 9.84 Å². The van der Waals surface area contributed by atoms with Gasteiger partial charge in [-0.15, -0.1) is 0 Å². The summed E-state index contributed by atoms with van der Waals surface area (Å²) in [6, 6.07) is 4.26. The maximum absolute atomic E-state index is 11.6. The summed E-state index contributed by atoms with van der Waals surface area (Å²) in [6.45, 7) is 4.13. The number of benzene rings is 1. The number of phenolic OH excluding ortho intramolecular Hbond substituents is 2. The zero-order valence-corrected chi connectivity index (χ0v) is 11.9. The Morgan fingerprint density at radius 2 is 1.89 bits per heavy atom. The molecule has 106 valence electrons. The monoisotopic (exact) mass is 285 g/mol. The van der Waals surface area contributed by atoms with Crippen molar-refractivity contribution in [2.75, 3.05) is 18.1 Å². The highest BCUT2D eigenvalue weighted by molar-refractivity contribution is 7.91. The lowest BCUT2D eigenvalue weighted by molar-refractivity contribution is 0.164. The van der Waals surface area contributed by atoms with Gasteiger partial charge in [-0.2, -0.15) is 0 Å². The molecule has 2 rings (SSSR count). The largest absolute Gasteiger partial charge is 0.507 e. The lowest BCUT2D eigenvalue weighted by atomic mass is 10.0. The van der Waals surface area contributed by atoms with Crippen LogP contribution in [-0.2, 0) is 9.84 Å². The molecule has 0 aliphatic carbocycles. The van der Waals surface area contributed by atoms with E-state index in [1.807, 2.05) is 18.7 Å². The van der Waals surface area contributed by atoms with Crippen LogP contribution in [0.25, 0.3) is 0 Å². The number of sulfone groups is 1. The van der Waals surface area contributed by atoms with Crippen molar-refractivity contribution >= 4 is 9.84 Å². The third-order valence-electron chi connectivity index (χ3n) is 3.70. The molecule has 1 aliphatic rings. The van der Waals surface area contributed by atoms with Crippen LogP contribution in [0.5, 0.6) is 11.5 Å². The van der Waals surface area contributed by atoms with Crippen molar-refractivity contribution in [3.05, 3.63) is 23.8 Å². The van der Waals surface area contributed by atoms with Gasteiger partial charge < -0.3 is 10.2 Å². The zero-order chi connectivity index (χ0) is 14.2. The molecule has 0 bridgehead atoms. The van der Waals surface area contributed by atoms with Gasteiger partial charge in [0, 0.05) is 18.6 Å². The number of nitrogens with zero attached hydrogens (tertiary/aromatic N) is 1. The van der Waals surface area contributed by atoms with Crippen LogP contribution >= 0.6 is 0 Å². The number of aromatic hydroxyl groups is 2. The molecule has 1 aromatic rings. The molecule has 0 radical (unpaired) electrons. The quantitative estimate of drug-likeness (QED) is 0.856. The van der Waals surface area contributed by atoms with Crippen molar-refractivity contribution in [2.24, 2.45) is 0 Å². The Balaban J connectivity index is 2.28. The molecule has 0 spiro atoms. The molecule has 0 amide bonds. The van der Waals surface area contributed by atoms with E-state index < -0.39 is 9.84 Å². The SMILES string of the molecule is CC1CS(=O)(=O)CCN1C(C)c1c(O)cccc1O. The highest BCUT2D eigenvalue weighted by Crippen LogP contribution is 2.37. The van der Waals surface area contributed by atoms with Gasteiger partial charge in [0.1, 0.15) is 11.5 Å². The first kappa shape index (κ1) is 14.1. The molecule has 1 saturated heterocycles. The second-order valence-electron chi connectivity index (χ2n) is 5.09. The van der Waals surface area contributed by atoms with Crippen molar-refractivity contribution in [2.45, 2.75) is 25.9 Å². The van der Waals surface area contributed by atoms with E-state index in [4.69, 9.17) is 0 Å². The second-order valence-corrected chi connectivity index (χ2v) is 7.32. The molecule has 0 aromatic heterocycles. The van der Waals surface area contributed by atoms with Gasteiger partial charge in [0.05, 0.1) is 17.1 Å². The van der Waals surface area contributed by atoms with Gasteiger partial charge in [-0.05, 0) is 26.0 Å². The molecular formula is C13H19NO4S. The van der Waals surface area contributed by atoms with Crippen LogP contribution in [0.2, 0.25) is 0 Å². The molecule has 2 N–H and O–H groups in total.